The quantitative estimate of drug-likeness (QED) is 0.479. The highest BCUT2D eigenvalue weighted by Gasteiger charge is 2.12. The van der Waals surface area contributed by atoms with E-state index in [0.717, 1.165) is 0 Å². The van der Waals surface area contributed by atoms with Crippen molar-refractivity contribution in [2.24, 2.45) is 5.10 Å². The van der Waals surface area contributed by atoms with Crippen LogP contribution in [0.15, 0.2) is 52.3 Å². The Labute approximate surface area is 114 Å². The minimum atomic E-state index is -0.858. The zero-order chi connectivity index (χ0) is 14.2. The maximum Gasteiger partial charge on any atom is 0.329 e. The first-order chi connectivity index (χ1) is 9.75. The lowest BCUT2D eigenvalue weighted by Gasteiger charge is -2.01. The van der Waals surface area contributed by atoms with E-state index >= 15 is 0 Å². The molecule has 2 aromatic rings. The average molecular weight is 272 g/mol. The van der Waals surface area contributed by atoms with Gasteiger partial charge in [-0.3, -0.25) is 14.6 Å². The van der Waals surface area contributed by atoms with Crippen LogP contribution in [0.25, 0.3) is 0 Å². The molecule has 7 nitrogen and oxygen atoms in total. The van der Waals surface area contributed by atoms with Crippen LogP contribution in [0.5, 0.6) is 0 Å². The van der Waals surface area contributed by atoms with Crippen molar-refractivity contribution in [1.29, 1.82) is 0 Å². The summed E-state index contributed by atoms with van der Waals surface area (Å²) in [7, 11) is 0. The minimum Gasteiger partial charge on any atom is -0.467 e. The van der Waals surface area contributed by atoms with Gasteiger partial charge in [-0.15, -0.1) is 0 Å². The van der Waals surface area contributed by atoms with Gasteiger partial charge < -0.3 is 9.73 Å². The van der Waals surface area contributed by atoms with Gasteiger partial charge in [-0.05, 0) is 24.3 Å². The van der Waals surface area contributed by atoms with Gasteiger partial charge in [0.25, 0.3) is 0 Å². The molecule has 0 aromatic carbocycles. The summed E-state index contributed by atoms with van der Waals surface area (Å²) in [6, 6.07) is 8.65. The van der Waals surface area contributed by atoms with Crippen LogP contribution in [-0.2, 0) is 16.1 Å². The largest absolute Gasteiger partial charge is 0.467 e. The van der Waals surface area contributed by atoms with Crippen LogP contribution in [0.1, 0.15) is 11.5 Å². The lowest BCUT2D eigenvalue weighted by Crippen LogP contribution is -2.37. The molecular weight excluding hydrogens is 260 g/mol. The molecule has 0 unspecified atom stereocenters. The molecule has 0 radical (unpaired) electrons. The van der Waals surface area contributed by atoms with Crippen molar-refractivity contribution in [3.05, 3.63) is 54.2 Å². The number of aromatic nitrogens is 1. The Balaban J connectivity index is 1.76. The Kier molecular flexibility index (Phi) is 4.60. The molecule has 102 valence electrons. The van der Waals surface area contributed by atoms with Crippen molar-refractivity contribution in [3.63, 3.8) is 0 Å². The van der Waals surface area contributed by atoms with E-state index in [1.165, 1.54) is 12.5 Å². The highest BCUT2D eigenvalue weighted by Crippen LogP contribution is 1.98. The number of hydrogen-bond donors (Lipinski definition) is 2. The molecule has 7 heteroatoms. The number of hydrogen-bond acceptors (Lipinski definition) is 5. The number of hydrazone groups is 1. The second kappa shape index (κ2) is 6.83. The Morgan fingerprint density at radius 2 is 2.15 bits per heavy atom. The number of furan rings is 1. The first kappa shape index (κ1) is 13.5. The Bertz CT molecular complexity index is 593. The fourth-order valence-electron chi connectivity index (χ4n) is 1.32. The topological polar surface area (TPSA) is 96.6 Å². The van der Waals surface area contributed by atoms with Crippen LogP contribution in [0.3, 0.4) is 0 Å². The van der Waals surface area contributed by atoms with E-state index in [-0.39, 0.29) is 6.54 Å². The molecule has 0 aliphatic heterocycles. The molecule has 2 rings (SSSR count). The summed E-state index contributed by atoms with van der Waals surface area (Å²) in [5.74, 6) is -1.09. The van der Waals surface area contributed by atoms with Crippen LogP contribution in [0.2, 0.25) is 0 Å². The first-order valence-corrected chi connectivity index (χ1v) is 5.80. The molecule has 0 saturated carbocycles. The Hall–Kier alpha value is -2.96. The molecule has 0 aliphatic rings. The van der Waals surface area contributed by atoms with E-state index in [1.807, 2.05) is 0 Å². The standard InChI is InChI=1S/C13H12N4O3/c18-12(15-9-11-5-3-7-20-11)13(19)17-16-8-10-4-1-2-6-14-10/h1-8H,9H2,(H,15,18)(H,17,19)/b16-8+. The maximum absolute atomic E-state index is 11.4. The fourth-order valence-corrected chi connectivity index (χ4v) is 1.32. The summed E-state index contributed by atoms with van der Waals surface area (Å²) < 4.78 is 5.02. The molecule has 20 heavy (non-hydrogen) atoms. The zero-order valence-electron chi connectivity index (χ0n) is 10.4. The van der Waals surface area contributed by atoms with Gasteiger partial charge in [0, 0.05) is 6.20 Å². The molecule has 2 N–H and O–H groups in total. The second-order valence-corrected chi connectivity index (χ2v) is 3.72. The predicted octanol–water partition coefficient (Wildman–Crippen LogP) is 0.441. The Morgan fingerprint density at radius 1 is 1.25 bits per heavy atom. The summed E-state index contributed by atoms with van der Waals surface area (Å²) in [6.45, 7) is 0.142. The van der Waals surface area contributed by atoms with Crippen molar-refractivity contribution in [3.8, 4) is 0 Å². The molecule has 0 aliphatic carbocycles. The van der Waals surface area contributed by atoms with E-state index in [0.29, 0.717) is 11.5 Å². The first-order valence-electron chi connectivity index (χ1n) is 5.80. The SMILES string of the molecule is O=C(NCc1ccco1)C(=O)N/N=C/c1ccccn1. The highest BCUT2D eigenvalue weighted by molar-refractivity contribution is 6.35. The van der Waals surface area contributed by atoms with Crippen molar-refractivity contribution in [2.45, 2.75) is 6.54 Å². The molecular formula is C13H12N4O3. The number of nitrogens with zero attached hydrogens (tertiary/aromatic N) is 2. The van der Waals surface area contributed by atoms with Gasteiger partial charge in [0.1, 0.15) is 5.76 Å². The summed E-state index contributed by atoms with van der Waals surface area (Å²) in [4.78, 5) is 26.8. The molecule has 2 aromatic heterocycles. The average Bonchev–Trinajstić information content (AvgIpc) is 2.99. The van der Waals surface area contributed by atoms with Crippen LogP contribution in [0, 0.1) is 0 Å². The number of amides is 2. The van der Waals surface area contributed by atoms with E-state index in [2.05, 4.69) is 20.8 Å². The lowest BCUT2D eigenvalue weighted by atomic mass is 10.4. The van der Waals surface area contributed by atoms with Crippen LogP contribution < -0.4 is 10.7 Å². The van der Waals surface area contributed by atoms with Crippen LogP contribution >= 0.6 is 0 Å². The summed E-state index contributed by atoms with van der Waals surface area (Å²) in [6.07, 6.45) is 4.43. The molecule has 0 spiro atoms. The van der Waals surface area contributed by atoms with E-state index < -0.39 is 11.8 Å². The Morgan fingerprint density at radius 3 is 2.85 bits per heavy atom. The molecule has 2 amide bonds. The minimum absolute atomic E-state index is 0.142. The third kappa shape index (κ3) is 4.05. The predicted molar refractivity (Wildman–Crippen MR) is 70.5 cm³/mol. The number of carbonyl (C=O) groups excluding carboxylic acids is 2. The van der Waals surface area contributed by atoms with E-state index in [4.69, 9.17) is 4.42 Å². The molecule has 0 bridgehead atoms. The van der Waals surface area contributed by atoms with Crippen LogP contribution in [-0.4, -0.2) is 23.0 Å². The third-order valence-corrected chi connectivity index (χ3v) is 2.26. The van der Waals surface area contributed by atoms with Gasteiger partial charge in [0.2, 0.25) is 0 Å². The number of rotatable bonds is 4. The van der Waals surface area contributed by atoms with Gasteiger partial charge >= 0.3 is 11.8 Å². The molecule has 0 fully saturated rings. The maximum atomic E-state index is 11.4. The number of pyridine rings is 1. The number of carbonyl (C=O) groups is 2. The van der Waals surface area contributed by atoms with Gasteiger partial charge in [-0.25, -0.2) is 5.43 Å². The van der Waals surface area contributed by atoms with Crippen molar-refractivity contribution >= 4 is 18.0 Å². The third-order valence-electron chi connectivity index (χ3n) is 2.26. The smallest absolute Gasteiger partial charge is 0.329 e. The molecule has 2 heterocycles. The van der Waals surface area contributed by atoms with Gasteiger partial charge in [-0.1, -0.05) is 6.07 Å². The second-order valence-electron chi connectivity index (χ2n) is 3.72. The van der Waals surface area contributed by atoms with Gasteiger partial charge in [0.05, 0.1) is 24.7 Å². The normalized spacial score (nSPS) is 10.4. The molecule has 0 saturated heterocycles. The van der Waals surface area contributed by atoms with Crippen molar-refractivity contribution in [2.75, 3.05) is 0 Å². The van der Waals surface area contributed by atoms with Gasteiger partial charge in [0.15, 0.2) is 0 Å². The van der Waals surface area contributed by atoms with E-state index in [1.54, 1.807) is 36.5 Å². The highest BCUT2D eigenvalue weighted by atomic mass is 16.3. The fraction of sp³-hybridized carbons (Fsp3) is 0.0769. The summed E-state index contributed by atoms with van der Waals surface area (Å²) in [5.41, 5.74) is 2.68. The van der Waals surface area contributed by atoms with Crippen molar-refractivity contribution in [1.82, 2.24) is 15.7 Å². The summed E-state index contributed by atoms with van der Waals surface area (Å²) >= 11 is 0. The monoisotopic (exact) mass is 272 g/mol. The summed E-state index contributed by atoms with van der Waals surface area (Å²) in [5, 5.41) is 6.04. The van der Waals surface area contributed by atoms with Crippen LogP contribution in [0.4, 0.5) is 0 Å². The number of nitrogens with one attached hydrogen (secondary N) is 2. The molecule has 0 atom stereocenters. The lowest BCUT2D eigenvalue weighted by molar-refractivity contribution is -0.139. The zero-order valence-corrected chi connectivity index (χ0v) is 10.4. The van der Waals surface area contributed by atoms with E-state index in [9.17, 15) is 9.59 Å². The van der Waals surface area contributed by atoms with Crippen molar-refractivity contribution < 1.29 is 14.0 Å². The van der Waals surface area contributed by atoms with Gasteiger partial charge in [-0.2, -0.15) is 5.10 Å².